The van der Waals surface area contributed by atoms with E-state index in [4.69, 9.17) is 4.74 Å². The fraction of sp³-hybridized carbons (Fsp3) is 1.00. The van der Waals surface area contributed by atoms with E-state index in [1.165, 1.54) is 45.1 Å². The molecule has 3 heteroatoms. The third-order valence-corrected chi connectivity index (χ3v) is 6.30. The molecule has 124 valence electrons. The van der Waals surface area contributed by atoms with Crippen molar-refractivity contribution in [2.24, 2.45) is 5.92 Å². The lowest BCUT2D eigenvalue weighted by molar-refractivity contribution is -0.0409. The number of methoxy groups -OCH3 is 1. The Morgan fingerprint density at radius 3 is 2.71 bits per heavy atom. The van der Waals surface area contributed by atoms with Crippen LogP contribution in [0, 0.1) is 5.92 Å². The van der Waals surface area contributed by atoms with E-state index in [1.54, 1.807) is 0 Å². The summed E-state index contributed by atoms with van der Waals surface area (Å²) in [6, 6.07) is 1.36. The maximum absolute atomic E-state index is 5.67. The highest BCUT2D eigenvalue weighted by Gasteiger charge is 2.42. The Hall–Kier alpha value is -0.120. The summed E-state index contributed by atoms with van der Waals surface area (Å²) in [5.74, 6) is 0.760. The van der Waals surface area contributed by atoms with E-state index in [2.05, 4.69) is 37.9 Å². The van der Waals surface area contributed by atoms with Crippen molar-refractivity contribution in [2.45, 2.75) is 89.9 Å². The third-order valence-electron chi connectivity index (χ3n) is 6.30. The lowest BCUT2D eigenvalue weighted by Gasteiger charge is -2.53. The van der Waals surface area contributed by atoms with Crippen molar-refractivity contribution in [1.29, 1.82) is 0 Å². The normalized spacial score (nSPS) is 40.1. The summed E-state index contributed by atoms with van der Waals surface area (Å²) in [7, 11) is 1.88. The monoisotopic (exact) mass is 296 g/mol. The quantitative estimate of drug-likeness (QED) is 0.841. The molecule has 0 radical (unpaired) electrons. The number of hydrogen-bond donors (Lipinski definition) is 1. The van der Waals surface area contributed by atoms with E-state index in [9.17, 15) is 0 Å². The molecule has 3 nitrogen and oxygen atoms in total. The molecule has 5 atom stereocenters. The minimum atomic E-state index is 0.310. The minimum absolute atomic E-state index is 0.310. The lowest BCUT2D eigenvalue weighted by Crippen LogP contribution is -2.67. The van der Waals surface area contributed by atoms with E-state index < -0.39 is 0 Å². The van der Waals surface area contributed by atoms with Crippen molar-refractivity contribution < 1.29 is 4.74 Å². The Kier molecular flexibility index (Phi) is 6.10. The predicted octanol–water partition coefficient (Wildman–Crippen LogP) is 3.43. The van der Waals surface area contributed by atoms with Gasteiger partial charge < -0.3 is 10.1 Å². The van der Waals surface area contributed by atoms with Gasteiger partial charge in [0.2, 0.25) is 0 Å². The molecule has 0 aromatic rings. The second-order valence-electron chi connectivity index (χ2n) is 7.55. The molecule has 0 amide bonds. The SMILES string of the molecule is CCC(C)C1CN(C2CCCC(OC)C2)C(C)(CC)CN1. The molecular weight excluding hydrogens is 260 g/mol. The van der Waals surface area contributed by atoms with E-state index in [1.807, 2.05) is 7.11 Å². The number of rotatable bonds is 5. The molecule has 1 saturated heterocycles. The van der Waals surface area contributed by atoms with Gasteiger partial charge in [0.1, 0.15) is 0 Å². The number of nitrogens with one attached hydrogen (secondary N) is 1. The van der Waals surface area contributed by atoms with Crippen LogP contribution in [0.5, 0.6) is 0 Å². The molecule has 0 spiro atoms. The summed E-state index contributed by atoms with van der Waals surface area (Å²) >= 11 is 0. The van der Waals surface area contributed by atoms with Crippen molar-refractivity contribution >= 4 is 0 Å². The van der Waals surface area contributed by atoms with Crippen LogP contribution in [0.2, 0.25) is 0 Å². The zero-order chi connectivity index (χ0) is 15.5. The highest BCUT2D eigenvalue weighted by atomic mass is 16.5. The van der Waals surface area contributed by atoms with Gasteiger partial charge in [-0.3, -0.25) is 4.90 Å². The van der Waals surface area contributed by atoms with Gasteiger partial charge in [0.15, 0.2) is 0 Å². The van der Waals surface area contributed by atoms with Gasteiger partial charge in [-0.2, -0.15) is 0 Å². The number of hydrogen-bond acceptors (Lipinski definition) is 3. The summed E-state index contributed by atoms with van der Waals surface area (Å²) in [5.41, 5.74) is 0.310. The van der Waals surface area contributed by atoms with E-state index in [0.717, 1.165) is 12.5 Å². The first-order valence-electron chi connectivity index (χ1n) is 9.07. The Bertz CT molecular complexity index is 320. The van der Waals surface area contributed by atoms with Crippen molar-refractivity contribution in [3.8, 4) is 0 Å². The van der Waals surface area contributed by atoms with Crippen LogP contribution in [-0.4, -0.2) is 48.8 Å². The lowest BCUT2D eigenvalue weighted by atomic mass is 9.82. The zero-order valence-corrected chi connectivity index (χ0v) is 14.8. The highest BCUT2D eigenvalue weighted by Crippen LogP contribution is 2.34. The van der Waals surface area contributed by atoms with Crippen molar-refractivity contribution in [1.82, 2.24) is 10.2 Å². The van der Waals surface area contributed by atoms with E-state index in [0.29, 0.717) is 23.7 Å². The largest absolute Gasteiger partial charge is 0.381 e. The van der Waals surface area contributed by atoms with Crippen LogP contribution in [0.15, 0.2) is 0 Å². The fourth-order valence-electron chi connectivity index (χ4n) is 4.15. The second kappa shape index (κ2) is 7.43. The standard InChI is InChI=1S/C18H36N2O/c1-6-14(3)17-12-20(18(4,7-2)13-19-17)15-9-8-10-16(11-15)21-5/h14-17,19H,6-13H2,1-5H3. The van der Waals surface area contributed by atoms with Gasteiger partial charge in [0, 0.05) is 37.8 Å². The summed E-state index contributed by atoms with van der Waals surface area (Å²) in [6.45, 7) is 11.8. The molecular formula is C18H36N2O. The first kappa shape index (κ1) is 17.2. The average molecular weight is 296 g/mol. The Balaban J connectivity index is 2.10. The maximum Gasteiger partial charge on any atom is 0.0586 e. The molecule has 5 unspecified atom stereocenters. The molecule has 1 heterocycles. The van der Waals surface area contributed by atoms with Crippen LogP contribution < -0.4 is 5.32 Å². The summed E-state index contributed by atoms with van der Waals surface area (Å²) in [4.78, 5) is 2.84. The van der Waals surface area contributed by atoms with Gasteiger partial charge in [0.25, 0.3) is 0 Å². The van der Waals surface area contributed by atoms with Crippen LogP contribution in [0.1, 0.15) is 66.2 Å². The summed E-state index contributed by atoms with van der Waals surface area (Å²) < 4.78 is 5.67. The minimum Gasteiger partial charge on any atom is -0.381 e. The van der Waals surface area contributed by atoms with Gasteiger partial charge >= 0.3 is 0 Å². The molecule has 0 aromatic carbocycles. The number of ether oxygens (including phenoxy) is 1. The van der Waals surface area contributed by atoms with Crippen molar-refractivity contribution in [3.05, 3.63) is 0 Å². The molecule has 2 fully saturated rings. The highest BCUT2D eigenvalue weighted by molar-refractivity contribution is 5.00. The molecule has 1 aliphatic carbocycles. The fourth-order valence-corrected chi connectivity index (χ4v) is 4.15. The van der Waals surface area contributed by atoms with Gasteiger partial charge in [0.05, 0.1) is 6.10 Å². The van der Waals surface area contributed by atoms with Crippen molar-refractivity contribution in [2.75, 3.05) is 20.2 Å². The van der Waals surface area contributed by atoms with E-state index >= 15 is 0 Å². The van der Waals surface area contributed by atoms with Gasteiger partial charge in [-0.1, -0.05) is 27.2 Å². The molecule has 1 saturated carbocycles. The second-order valence-corrected chi connectivity index (χ2v) is 7.55. The first-order valence-corrected chi connectivity index (χ1v) is 9.07. The molecule has 0 aromatic heterocycles. The Morgan fingerprint density at radius 2 is 2.10 bits per heavy atom. The summed E-state index contributed by atoms with van der Waals surface area (Å²) in [5, 5.41) is 3.83. The van der Waals surface area contributed by atoms with Gasteiger partial charge in [-0.05, 0) is 44.9 Å². The zero-order valence-electron chi connectivity index (χ0n) is 14.8. The molecule has 21 heavy (non-hydrogen) atoms. The van der Waals surface area contributed by atoms with Crippen LogP contribution in [-0.2, 0) is 4.74 Å². The van der Waals surface area contributed by atoms with Crippen LogP contribution in [0.25, 0.3) is 0 Å². The first-order chi connectivity index (χ1) is 10.0. The van der Waals surface area contributed by atoms with E-state index in [-0.39, 0.29) is 0 Å². The Morgan fingerprint density at radius 1 is 1.33 bits per heavy atom. The van der Waals surface area contributed by atoms with Crippen molar-refractivity contribution in [3.63, 3.8) is 0 Å². The number of nitrogens with zero attached hydrogens (tertiary/aromatic N) is 1. The Labute approximate surface area is 131 Å². The molecule has 2 aliphatic rings. The van der Waals surface area contributed by atoms with Crippen LogP contribution in [0.4, 0.5) is 0 Å². The van der Waals surface area contributed by atoms with Gasteiger partial charge in [-0.25, -0.2) is 0 Å². The topological polar surface area (TPSA) is 24.5 Å². The molecule has 2 rings (SSSR count). The third kappa shape index (κ3) is 3.80. The maximum atomic E-state index is 5.67. The van der Waals surface area contributed by atoms with Crippen LogP contribution in [0.3, 0.4) is 0 Å². The molecule has 1 N–H and O–H groups in total. The number of piperazine rings is 1. The predicted molar refractivity (Wildman–Crippen MR) is 89.7 cm³/mol. The average Bonchev–Trinajstić information content (AvgIpc) is 2.54. The molecule has 0 bridgehead atoms. The van der Waals surface area contributed by atoms with Gasteiger partial charge in [-0.15, -0.1) is 0 Å². The van der Waals surface area contributed by atoms with Crippen LogP contribution >= 0.6 is 0 Å². The molecule has 1 aliphatic heterocycles. The summed E-state index contributed by atoms with van der Waals surface area (Å²) in [6.07, 6.45) is 8.10. The smallest absolute Gasteiger partial charge is 0.0586 e.